The van der Waals surface area contributed by atoms with Crippen molar-refractivity contribution >= 4 is 5.91 Å². The standard InChI is InChI=1S/C19H23N3O2/c1-2-15-6-8-16(9-7-15)17-13-20-10-12-22(17)19(24)14-21-11-4-3-5-18(21)23/h3-9,11,17,20H,2,10,12-14H2,1H3. The minimum atomic E-state index is -0.148. The highest BCUT2D eigenvalue weighted by atomic mass is 16.2. The number of nitrogens with zero attached hydrogens (tertiary/aromatic N) is 2. The number of pyridine rings is 1. The molecule has 0 saturated carbocycles. The van der Waals surface area contributed by atoms with Crippen molar-refractivity contribution in [3.05, 3.63) is 70.1 Å². The summed E-state index contributed by atoms with van der Waals surface area (Å²) in [6.45, 7) is 4.38. The Morgan fingerprint density at radius 3 is 2.71 bits per heavy atom. The number of carbonyl (C=O) groups excluding carboxylic acids is 1. The SMILES string of the molecule is CCc1ccc(C2CNCCN2C(=O)Cn2ccccc2=O)cc1. The first-order chi connectivity index (χ1) is 11.7. The third-order valence-electron chi connectivity index (χ3n) is 4.54. The van der Waals surface area contributed by atoms with Crippen LogP contribution in [0.2, 0.25) is 0 Å². The van der Waals surface area contributed by atoms with Crippen LogP contribution in [0, 0.1) is 0 Å². The predicted octanol–water partition coefficient (Wildman–Crippen LogP) is 1.58. The number of aromatic nitrogens is 1. The number of hydrogen-bond acceptors (Lipinski definition) is 3. The third-order valence-corrected chi connectivity index (χ3v) is 4.54. The molecule has 1 amide bonds. The van der Waals surface area contributed by atoms with Crippen molar-refractivity contribution in [3.8, 4) is 0 Å². The second kappa shape index (κ2) is 7.45. The summed E-state index contributed by atoms with van der Waals surface area (Å²) >= 11 is 0. The van der Waals surface area contributed by atoms with Gasteiger partial charge in [0.25, 0.3) is 5.56 Å². The molecule has 1 fully saturated rings. The number of aryl methyl sites for hydroxylation is 1. The van der Waals surface area contributed by atoms with Crippen molar-refractivity contribution in [2.75, 3.05) is 19.6 Å². The van der Waals surface area contributed by atoms with E-state index in [9.17, 15) is 9.59 Å². The lowest BCUT2D eigenvalue weighted by Crippen LogP contribution is -2.50. The Morgan fingerprint density at radius 2 is 2.00 bits per heavy atom. The highest BCUT2D eigenvalue weighted by Gasteiger charge is 2.27. The molecule has 1 aliphatic rings. The monoisotopic (exact) mass is 325 g/mol. The topological polar surface area (TPSA) is 54.3 Å². The summed E-state index contributed by atoms with van der Waals surface area (Å²) < 4.78 is 1.46. The molecule has 126 valence electrons. The van der Waals surface area contributed by atoms with Gasteiger partial charge in [-0.2, -0.15) is 0 Å². The van der Waals surface area contributed by atoms with Crippen LogP contribution in [-0.4, -0.2) is 35.0 Å². The smallest absolute Gasteiger partial charge is 0.250 e. The van der Waals surface area contributed by atoms with Gasteiger partial charge in [-0.3, -0.25) is 9.59 Å². The summed E-state index contributed by atoms with van der Waals surface area (Å²) in [4.78, 5) is 26.5. The Bertz CT molecular complexity index is 752. The van der Waals surface area contributed by atoms with Gasteiger partial charge < -0.3 is 14.8 Å². The van der Waals surface area contributed by atoms with Gasteiger partial charge in [-0.15, -0.1) is 0 Å². The first-order valence-electron chi connectivity index (χ1n) is 8.43. The molecule has 24 heavy (non-hydrogen) atoms. The van der Waals surface area contributed by atoms with Gasteiger partial charge >= 0.3 is 0 Å². The summed E-state index contributed by atoms with van der Waals surface area (Å²) in [6, 6.07) is 13.4. The molecule has 5 heteroatoms. The number of hydrogen-bond donors (Lipinski definition) is 1. The van der Waals surface area contributed by atoms with Gasteiger partial charge in [-0.25, -0.2) is 0 Å². The van der Waals surface area contributed by atoms with Crippen molar-refractivity contribution in [1.82, 2.24) is 14.8 Å². The minimum Gasteiger partial charge on any atom is -0.332 e. The molecule has 1 aromatic carbocycles. The lowest BCUT2D eigenvalue weighted by molar-refractivity contribution is -0.135. The van der Waals surface area contributed by atoms with E-state index in [1.54, 1.807) is 18.3 Å². The van der Waals surface area contributed by atoms with Crippen molar-refractivity contribution in [3.63, 3.8) is 0 Å². The van der Waals surface area contributed by atoms with Crippen LogP contribution in [0.15, 0.2) is 53.5 Å². The lowest BCUT2D eigenvalue weighted by Gasteiger charge is -2.36. The molecule has 2 heterocycles. The van der Waals surface area contributed by atoms with Gasteiger partial charge in [0.1, 0.15) is 6.54 Å². The molecule has 3 rings (SSSR count). The van der Waals surface area contributed by atoms with E-state index >= 15 is 0 Å². The molecule has 0 bridgehead atoms. The quantitative estimate of drug-likeness (QED) is 0.929. The zero-order valence-corrected chi connectivity index (χ0v) is 13.9. The Kier molecular flexibility index (Phi) is 5.11. The number of benzene rings is 1. The van der Waals surface area contributed by atoms with Gasteiger partial charge in [0.05, 0.1) is 6.04 Å². The molecule has 1 saturated heterocycles. The maximum absolute atomic E-state index is 12.8. The van der Waals surface area contributed by atoms with Gasteiger partial charge in [0, 0.05) is 31.9 Å². The maximum Gasteiger partial charge on any atom is 0.250 e. The van der Waals surface area contributed by atoms with Crippen LogP contribution >= 0.6 is 0 Å². The van der Waals surface area contributed by atoms with E-state index in [-0.39, 0.29) is 24.1 Å². The highest BCUT2D eigenvalue weighted by molar-refractivity contribution is 5.76. The van der Waals surface area contributed by atoms with Gasteiger partial charge in [0.2, 0.25) is 5.91 Å². The molecule has 1 aliphatic heterocycles. The van der Waals surface area contributed by atoms with E-state index in [1.165, 1.54) is 16.2 Å². The lowest BCUT2D eigenvalue weighted by atomic mass is 10.0. The van der Waals surface area contributed by atoms with Crippen molar-refractivity contribution < 1.29 is 4.79 Å². The second-order valence-corrected chi connectivity index (χ2v) is 6.07. The zero-order valence-electron chi connectivity index (χ0n) is 13.9. The Hall–Kier alpha value is -2.40. The average molecular weight is 325 g/mol. The van der Waals surface area contributed by atoms with Crippen LogP contribution in [0.5, 0.6) is 0 Å². The molecule has 1 unspecified atom stereocenters. The molecule has 5 nitrogen and oxygen atoms in total. The summed E-state index contributed by atoms with van der Waals surface area (Å²) in [7, 11) is 0. The van der Waals surface area contributed by atoms with E-state index in [2.05, 4.69) is 36.5 Å². The molecule has 1 aromatic heterocycles. The van der Waals surface area contributed by atoms with Crippen LogP contribution in [0.1, 0.15) is 24.1 Å². The molecule has 1 atom stereocenters. The van der Waals surface area contributed by atoms with Crippen LogP contribution < -0.4 is 10.9 Å². The van der Waals surface area contributed by atoms with E-state index in [4.69, 9.17) is 0 Å². The number of rotatable bonds is 4. The van der Waals surface area contributed by atoms with E-state index in [1.807, 2.05) is 4.90 Å². The van der Waals surface area contributed by atoms with Crippen LogP contribution in [0.25, 0.3) is 0 Å². The summed E-state index contributed by atoms with van der Waals surface area (Å²) in [5, 5.41) is 3.36. The van der Waals surface area contributed by atoms with Crippen LogP contribution in [0.4, 0.5) is 0 Å². The summed E-state index contributed by atoms with van der Waals surface area (Å²) in [5.74, 6) is -0.0191. The van der Waals surface area contributed by atoms with Gasteiger partial charge in [0.15, 0.2) is 0 Å². The number of nitrogens with one attached hydrogen (secondary N) is 1. The van der Waals surface area contributed by atoms with Crippen molar-refractivity contribution in [2.45, 2.75) is 25.9 Å². The summed E-state index contributed by atoms with van der Waals surface area (Å²) in [5.41, 5.74) is 2.27. The molecule has 0 spiro atoms. The normalized spacial score (nSPS) is 17.7. The fourth-order valence-corrected chi connectivity index (χ4v) is 3.10. The molecule has 1 N–H and O–H groups in total. The number of piperazine rings is 1. The van der Waals surface area contributed by atoms with Crippen molar-refractivity contribution in [1.29, 1.82) is 0 Å². The van der Waals surface area contributed by atoms with E-state index in [0.29, 0.717) is 6.54 Å². The average Bonchev–Trinajstić information content (AvgIpc) is 2.63. The number of amides is 1. The van der Waals surface area contributed by atoms with E-state index in [0.717, 1.165) is 25.1 Å². The Morgan fingerprint density at radius 1 is 1.21 bits per heavy atom. The Labute approximate surface area is 141 Å². The van der Waals surface area contributed by atoms with Crippen molar-refractivity contribution in [2.24, 2.45) is 0 Å². The fraction of sp³-hybridized carbons (Fsp3) is 0.368. The van der Waals surface area contributed by atoms with Crippen LogP contribution in [0.3, 0.4) is 0 Å². The molecular formula is C19H23N3O2. The predicted molar refractivity (Wildman–Crippen MR) is 93.8 cm³/mol. The Balaban J connectivity index is 1.79. The molecular weight excluding hydrogens is 302 g/mol. The number of carbonyl (C=O) groups is 1. The molecule has 0 radical (unpaired) electrons. The minimum absolute atomic E-state index is 0.0107. The van der Waals surface area contributed by atoms with Gasteiger partial charge in [-0.05, 0) is 23.6 Å². The maximum atomic E-state index is 12.8. The van der Waals surface area contributed by atoms with Crippen LogP contribution in [-0.2, 0) is 17.8 Å². The first-order valence-corrected chi connectivity index (χ1v) is 8.43. The zero-order chi connectivity index (χ0) is 16.9. The third kappa shape index (κ3) is 3.57. The second-order valence-electron chi connectivity index (χ2n) is 6.07. The first kappa shape index (κ1) is 16.5. The molecule has 0 aliphatic carbocycles. The molecule has 2 aromatic rings. The fourth-order valence-electron chi connectivity index (χ4n) is 3.10. The van der Waals surface area contributed by atoms with Gasteiger partial charge in [-0.1, -0.05) is 37.3 Å². The highest BCUT2D eigenvalue weighted by Crippen LogP contribution is 2.23. The summed E-state index contributed by atoms with van der Waals surface area (Å²) in [6.07, 6.45) is 2.66. The van der Waals surface area contributed by atoms with E-state index < -0.39 is 0 Å². The largest absolute Gasteiger partial charge is 0.332 e.